The summed E-state index contributed by atoms with van der Waals surface area (Å²) in [5.74, 6) is 2.12. The molecule has 0 aliphatic heterocycles. The summed E-state index contributed by atoms with van der Waals surface area (Å²) in [6.45, 7) is 3.98. The fourth-order valence-corrected chi connectivity index (χ4v) is 5.11. The minimum Gasteiger partial charge on any atom is -0.495 e. The highest BCUT2D eigenvalue weighted by molar-refractivity contribution is 7.92. The Labute approximate surface area is 203 Å². The SMILES string of the molecule is COc1cc2c(NS(=O)(=O)c3cc(C(C)C)ccc3OC)noc2cc1Nc1cc(C2CC2)[nH]n1. The van der Waals surface area contributed by atoms with E-state index in [1.165, 1.54) is 27.1 Å². The number of nitrogens with zero attached hydrogens (tertiary/aromatic N) is 2. The van der Waals surface area contributed by atoms with Gasteiger partial charge in [0, 0.05) is 23.7 Å². The van der Waals surface area contributed by atoms with Crippen molar-refractivity contribution in [3.63, 3.8) is 0 Å². The van der Waals surface area contributed by atoms with Gasteiger partial charge in [0.15, 0.2) is 17.2 Å². The number of H-pyrrole nitrogens is 1. The molecule has 2 aromatic heterocycles. The number of nitrogens with one attached hydrogen (secondary N) is 3. The van der Waals surface area contributed by atoms with Gasteiger partial charge >= 0.3 is 0 Å². The van der Waals surface area contributed by atoms with Crippen LogP contribution in [0.2, 0.25) is 0 Å². The van der Waals surface area contributed by atoms with Crippen molar-refractivity contribution < 1.29 is 22.4 Å². The van der Waals surface area contributed by atoms with Crippen LogP contribution in [0, 0.1) is 0 Å². The zero-order valence-electron chi connectivity index (χ0n) is 19.9. The average molecular weight is 498 g/mol. The van der Waals surface area contributed by atoms with Gasteiger partial charge in [0.05, 0.1) is 25.3 Å². The van der Waals surface area contributed by atoms with Gasteiger partial charge in [0.2, 0.25) is 0 Å². The number of sulfonamides is 1. The van der Waals surface area contributed by atoms with Crippen LogP contribution in [-0.2, 0) is 10.0 Å². The van der Waals surface area contributed by atoms with Crippen molar-refractivity contribution in [2.24, 2.45) is 0 Å². The van der Waals surface area contributed by atoms with E-state index in [0.29, 0.717) is 34.1 Å². The zero-order chi connectivity index (χ0) is 24.7. The van der Waals surface area contributed by atoms with Crippen LogP contribution in [0.4, 0.5) is 17.3 Å². The van der Waals surface area contributed by atoms with E-state index >= 15 is 0 Å². The number of benzene rings is 2. The third kappa shape index (κ3) is 4.51. The molecule has 3 N–H and O–H groups in total. The van der Waals surface area contributed by atoms with E-state index in [1.54, 1.807) is 24.3 Å². The van der Waals surface area contributed by atoms with Gasteiger partial charge in [0.25, 0.3) is 10.0 Å². The number of hydrogen-bond donors (Lipinski definition) is 3. The molecule has 184 valence electrons. The van der Waals surface area contributed by atoms with Crippen LogP contribution in [-0.4, -0.2) is 38.0 Å². The maximum Gasteiger partial charge on any atom is 0.266 e. The summed E-state index contributed by atoms with van der Waals surface area (Å²) in [5.41, 5.74) is 2.97. The molecule has 0 bridgehead atoms. The molecule has 2 heterocycles. The monoisotopic (exact) mass is 497 g/mol. The van der Waals surface area contributed by atoms with Gasteiger partial charge < -0.3 is 19.3 Å². The topological polar surface area (TPSA) is 131 Å². The summed E-state index contributed by atoms with van der Waals surface area (Å²) in [4.78, 5) is 0.0256. The van der Waals surface area contributed by atoms with Crippen LogP contribution < -0.4 is 19.5 Å². The second-order valence-corrected chi connectivity index (χ2v) is 10.5. The Balaban J connectivity index is 1.47. The number of rotatable bonds is 9. The van der Waals surface area contributed by atoms with Crippen LogP contribution in [0.15, 0.2) is 45.8 Å². The van der Waals surface area contributed by atoms with Gasteiger partial charge in [0.1, 0.15) is 16.4 Å². The highest BCUT2D eigenvalue weighted by atomic mass is 32.2. The molecule has 0 atom stereocenters. The molecule has 1 aliphatic rings. The van der Waals surface area contributed by atoms with Crippen molar-refractivity contribution in [1.82, 2.24) is 15.4 Å². The van der Waals surface area contributed by atoms with Crippen molar-refractivity contribution in [3.8, 4) is 11.5 Å². The number of aromatic amines is 1. The first-order valence-electron chi connectivity index (χ1n) is 11.3. The quantitative estimate of drug-likeness (QED) is 0.291. The molecule has 0 spiro atoms. The van der Waals surface area contributed by atoms with Crippen molar-refractivity contribution in [2.75, 3.05) is 24.3 Å². The van der Waals surface area contributed by atoms with Crippen LogP contribution in [0.3, 0.4) is 0 Å². The van der Waals surface area contributed by atoms with Crippen molar-refractivity contribution in [2.45, 2.75) is 43.4 Å². The molecule has 0 unspecified atom stereocenters. The molecular formula is C24H27N5O5S. The zero-order valence-corrected chi connectivity index (χ0v) is 20.7. The van der Waals surface area contributed by atoms with Crippen molar-refractivity contribution in [3.05, 3.63) is 47.7 Å². The van der Waals surface area contributed by atoms with Crippen LogP contribution in [0.1, 0.15) is 49.8 Å². The lowest BCUT2D eigenvalue weighted by Crippen LogP contribution is -2.15. The van der Waals surface area contributed by atoms with Gasteiger partial charge in [-0.1, -0.05) is 25.1 Å². The first kappa shape index (κ1) is 23.0. The summed E-state index contributed by atoms with van der Waals surface area (Å²) in [6.07, 6.45) is 2.34. The largest absolute Gasteiger partial charge is 0.495 e. The molecule has 0 amide bonds. The lowest BCUT2D eigenvalue weighted by Gasteiger charge is -2.14. The summed E-state index contributed by atoms with van der Waals surface area (Å²) >= 11 is 0. The maximum atomic E-state index is 13.3. The van der Waals surface area contributed by atoms with Crippen LogP contribution >= 0.6 is 0 Å². The fraction of sp³-hybridized carbons (Fsp3) is 0.333. The Morgan fingerprint density at radius 1 is 1.09 bits per heavy atom. The fourth-order valence-electron chi connectivity index (χ4n) is 3.89. The summed E-state index contributed by atoms with van der Waals surface area (Å²) < 4.78 is 45.4. The molecule has 0 radical (unpaired) electrons. The van der Waals surface area contributed by atoms with E-state index < -0.39 is 10.0 Å². The predicted octanol–water partition coefficient (Wildman–Crippen LogP) is 5.11. The van der Waals surface area contributed by atoms with E-state index in [1.807, 2.05) is 26.0 Å². The molecule has 2 aromatic carbocycles. The van der Waals surface area contributed by atoms with Gasteiger partial charge in [-0.15, -0.1) is 0 Å². The van der Waals surface area contributed by atoms with Gasteiger partial charge in [-0.25, -0.2) is 8.42 Å². The van der Waals surface area contributed by atoms with Crippen molar-refractivity contribution in [1.29, 1.82) is 0 Å². The number of aromatic nitrogens is 3. The molecule has 5 rings (SSSR count). The summed E-state index contributed by atoms with van der Waals surface area (Å²) in [5, 5.41) is 15.0. The highest BCUT2D eigenvalue weighted by Gasteiger charge is 2.26. The molecule has 1 saturated carbocycles. The lowest BCUT2D eigenvalue weighted by atomic mass is 10.0. The predicted molar refractivity (Wildman–Crippen MR) is 132 cm³/mol. The Kier molecular flexibility index (Phi) is 5.79. The lowest BCUT2D eigenvalue weighted by molar-refractivity contribution is 0.402. The smallest absolute Gasteiger partial charge is 0.266 e. The van der Waals surface area contributed by atoms with E-state index in [0.717, 1.165) is 11.3 Å². The molecule has 1 aliphatic carbocycles. The molecule has 10 nitrogen and oxygen atoms in total. The number of hydrogen-bond acceptors (Lipinski definition) is 8. The van der Waals surface area contributed by atoms with E-state index in [9.17, 15) is 8.42 Å². The number of fused-ring (bicyclic) bond motifs is 1. The van der Waals surface area contributed by atoms with E-state index in [4.69, 9.17) is 14.0 Å². The molecule has 35 heavy (non-hydrogen) atoms. The third-order valence-corrected chi connectivity index (χ3v) is 7.40. The summed E-state index contributed by atoms with van der Waals surface area (Å²) in [6, 6.07) is 10.4. The Morgan fingerprint density at radius 3 is 2.54 bits per heavy atom. The van der Waals surface area contributed by atoms with Gasteiger partial charge in [-0.05, 0) is 42.5 Å². The molecule has 1 fully saturated rings. The normalized spacial score (nSPS) is 13.9. The van der Waals surface area contributed by atoms with E-state index in [2.05, 4.69) is 25.4 Å². The van der Waals surface area contributed by atoms with Gasteiger partial charge in [-0.2, -0.15) is 5.10 Å². The Hall–Kier alpha value is -3.73. The molecule has 11 heteroatoms. The second kappa shape index (κ2) is 8.81. The number of ether oxygens (including phenoxy) is 2. The molecule has 4 aromatic rings. The average Bonchev–Trinajstić information content (AvgIpc) is 3.48. The maximum absolute atomic E-state index is 13.3. The third-order valence-electron chi connectivity index (χ3n) is 6.04. The number of anilines is 3. The second-order valence-electron chi connectivity index (χ2n) is 8.86. The molecular weight excluding hydrogens is 470 g/mol. The molecule has 0 saturated heterocycles. The Bertz CT molecular complexity index is 1490. The van der Waals surface area contributed by atoms with Crippen LogP contribution in [0.25, 0.3) is 11.0 Å². The number of methoxy groups -OCH3 is 2. The van der Waals surface area contributed by atoms with Crippen LogP contribution in [0.5, 0.6) is 11.5 Å². The first-order chi connectivity index (χ1) is 16.8. The van der Waals surface area contributed by atoms with Gasteiger partial charge in [-0.3, -0.25) is 9.82 Å². The Morgan fingerprint density at radius 2 is 1.86 bits per heavy atom. The highest BCUT2D eigenvalue weighted by Crippen LogP contribution is 2.41. The standard InChI is InChI=1S/C24H27N5O5S/c1-13(2)15-7-8-19(32-3)22(9-15)35(30,31)29-24-16-10-21(33-4)18(11-20(16)34-28-24)25-23-12-17(26-27-23)14-5-6-14/h7-14H,5-6H2,1-4H3,(H,28,29)(H2,25,26,27). The summed E-state index contributed by atoms with van der Waals surface area (Å²) in [7, 11) is -1.05. The first-order valence-corrected chi connectivity index (χ1v) is 12.8. The van der Waals surface area contributed by atoms with E-state index in [-0.39, 0.29) is 22.4 Å². The van der Waals surface area contributed by atoms with Crippen molar-refractivity contribution >= 4 is 38.3 Å². The minimum absolute atomic E-state index is 0.0256. The minimum atomic E-state index is -4.02.